The number of piperazine rings is 1. The lowest BCUT2D eigenvalue weighted by Crippen LogP contribution is -2.52. The molecule has 0 bridgehead atoms. The predicted octanol–water partition coefficient (Wildman–Crippen LogP) is 3.81. The number of anilines is 2. The van der Waals surface area contributed by atoms with Gasteiger partial charge >= 0.3 is 0 Å². The van der Waals surface area contributed by atoms with Crippen molar-refractivity contribution in [2.75, 3.05) is 29.4 Å². The third-order valence-corrected chi connectivity index (χ3v) is 5.57. The molecule has 1 unspecified atom stereocenters. The Hall–Kier alpha value is -3.41. The summed E-state index contributed by atoms with van der Waals surface area (Å²) >= 11 is 0. The Morgan fingerprint density at radius 2 is 1.76 bits per heavy atom. The fraction of sp³-hybridized carbons (Fsp3) is 0.261. The number of nitrogens with zero attached hydrogens (tertiary/aromatic N) is 6. The molecular formula is C23H24N6. The van der Waals surface area contributed by atoms with E-state index in [9.17, 15) is 0 Å². The average molecular weight is 384 g/mol. The summed E-state index contributed by atoms with van der Waals surface area (Å²) in [5.41, 5.74) is 4.37. The van der Waals surface area contributed by atoms with Gasteiger partial charge in [0.2, 0.25) is 0 Å². The maximum atomic E-state index is 4.88. The summed E-state index contributed by atoms with van der Waals surface area (Å²) in [5, 5.41) is 13.5. The van der Waals surface area contributed by atoms with Crippen molar-refractivity contribution in [3.8, 4) is 11.4 Å². The maximum Gasteiger partial charge on any atom is 0.185 e. The van der Waals surface area contributed by atoms with Crippen LogP contribution in [0.4, 0.5) is 11.5 Å². The second-order valence-corrected chi connectivity index (χ2v) is 7.68. The van der Waals surface area contributed by atoms with Crippen LogP contribution in [0.25, 0.3) is 17.0 Å². The molecule has 2 aromatic carbocycles. The lowest BCUT2D eigenvalue weighted by Gasteiger charge is -2.41. The highest BCUT2D eigenvalue weighted by atomic mass is 15.4. The third kappa shape index (κ3) is 3.31. The molecule has 4 aromatic rings. The molecule has 1 saturated heterocycles. The van der Waals surface area contributed by atoms with Gasteiger partial charge < -0.3 is 9.80 Å². The lowest BCUT2D eigenvalue weighted by atomic mass is 10.1. The van der Waals surface area contributed by atoms with Gasteiger partial charge in [0.25, 0.3) is 0 Å². The lowest BCUT2D eigenvalue weighted by molar-refractivity contribution is 0.545. The van der Waals surface area contributed by atoms with Crippen LogP contribution in [-0.4, -0.2) is 45.5 Å². The summed E-state index contributed by atoms with van der Waals surface area (Å²) in [6.45, 7) is 7.25. The number of hydrogen-bond acceptors (Lipinski definition) is 5. The Bertz CT molecular complexity index is 1140. The maximum absolute atomic E-state index is 4.88. The molecule has 3 heterocycles. The van der Waals surface area contributed by atoms with E-state index >= 15 is 0 Å². The Kier molecular flexibility index (Phi) is 4.39. The fourth-order valence-electron chi connectivity index (χ4n) is 4.07. The van der Waals surface area contributed by atoms with Crippen molar-refractivity contribution in [1.82, 2.24) is 19.8 Å². The van der Waals surface area contributed by atoms with E-state index in [0.717, 1.165) is 42.5 Å². The highest BCUT2D eigenvalue weighted by Crippen LogP contribution is 2.25. The fourth-order valence-corrected chi connectivity index (χ4v) is 4.07. The molecule has 5 rings (SSSR count). The van der Waals surface area contributed by atoms with Gasteiger partial charge in [-0.15, -0.1) is 15.3 Å². The van der Waals surface area contributed by atoms with E-state index < -0.39 is 0 Å². The van der Waals surface area contributed by atoms with E-state index in [1.807, 2.05) is 47.0 Å². The zero-order valence-corrected chi connectivity index (χ0v) is 16.7. The predicted molar refractivity (Wildman–Crippen MR) is 116 cm³/mol. The SMILES string of the molecule is Cc1cccc(N2CCN(c3ccc4nnc(-c5ccccc5)n4n3)CC2C)c1. The van der Waals surface area contributed by atoms with Crippen LogP contribution in [0.5, 0.6) is 0 Å². The molecule has 1 aliphatic rings. The van der Waals surface area contributed by atoms with E-state index in [0.29, 0.717) is 6.04 Å². The monoisotopic (exact) mass is 384 g/mol. The van der Waals surface area contributed by atoms with Gasteiger partial charge in [0.15, 0.2) is 11.5 Å². The van der Waals surface area contributed by atoms with E-state index in [1.165, 1.54) is 11.3 Å². The van der Waals surface area contributed by atoms with Crippen molar-refractivity contribution in [2.24, 2.45) is 0 Å². The summed E-state index contributed by atoms with van der Waals surface area (Å²) in [6, 6.07) is 23.3. The molecule has 0 radical (unpaired) electrons. The van der Waals surface area contributed by atoms with Crippen molar-refractivity contribution < 1.29 is 0 Å². The highest BCUT2D eigenvalue weighted by Gasteiger charge is 2.25. The van der Waals surface area contributed by atoms with Crippen LogP contribution in [0.3, 0.4) is 0 Å². The van der Waals surface area contributed by atoms with E-state index in [1.54, 1.807) is 0 Å². The molecule has 1 atom stereocenters. The quantitative estimate of drug-likeness (QED) is 0.538. The highest BCUT2D eigenvalue weighted by molar-refractivity contribution is 5.60. The molecule has 0 N–H and O–H groups in total. The molecule has 2 aromatic heterocycles. The Morgan fingerprint density at radius 1 is 0.897 bits per heavy atom. The number of rotatable bonds is 3. The summed E-state index contributed by atoms with van der Waals surface area (Å²) < 4.78 is 1.85. The van der Waals surface area contributed by atoms with E-state index in [2.05, 4.69) is 58.1 Å². The normalized spacial score (nSPS) is 17.1. The largest absolute Gasteiger partial charge is 0.365 e. The minimum Gasteiger partial charge on any atom is -0.365 e. The molecule has 29 heavy (non-hydrogen) atoms. The third-order valence-electron chi connectivity index (χ3n) is 5.57. The first-order valence-corrected chi connectivity index (χ1v) is 10.1. The minimum absolute atomic E-state index is 0.401. The van der Waals surface area contributed by atoms with Crippen molar-refractivity contribution in [3.05, 3.63) is 72.3 Å². The molecule has 0 spiro atoms. The summed E-state index contributed by atoms with van der Waals surface area (Å²) in [5.74, 6) is 1.74. The molecule has 1 fully saturated rings. The summed E-state index contributed by atoms with van der Waals surface area (Å²) in [7, 11) is 0. The van der Waals surface area contributed by atoms with Crippen molar-refractivity contribution in [1.29, 1.82) is 0 Å². The molecular weight excluding hydrogens is 360 g/mol. The van der Waals surface area contributed by atoms with Gasteiger partial charge in [-0.3, -0.25) is 0 Å². The van der Waals surface area contributed by atoms with Gasteiger partial charge in [0.1, 0.15) is 5.82 Å². The standard InChI is InChI=1S/C23H24N6/c1-17-7-6-10-20(15-17)28-14-13-27(16-18(28)2)22-12-11-21-24-25-23(29(21)26-22)19-8-4-3-5-9-19/h3-12,15,18H,13-14,16H2,1-2H3. The van der Waals surface area contributed by atoms with Crippen LogP contribution < -0.4 is 9.80 Å². The number of benzene rings is 2. The van der Waals surface area contributed by atoms with Gasteiger partial charge in [-0.25, -0.2) is 0 Å². The second kappa shape index (κ2) is 7.20. The number of hydrogen-bond donors (Lipinski definition) is 0. The molecule has 1 aliphatic heterocycles. The topological polar surface area (TPSA) is 49.6 Å². The number of fused-ring (bicyclic) bond motifs is 1. The number of aromatic nitrogens is 4. The summed E-state index contributed by atoms with van der Waals surface area (Å²) in [4.78, 5) is 4.83. The van der Waals surface area contributed by atoms with E-state index in [4.69, 9.17) is 5.10 Å². The van der Waals surface area contributed by atoms with Crippen LogP contribution in [0.15, 0.2) is 66.7 Å². The molecule has 146 valence electrons. The van der Waals surface area contributed by atoms with Gasteiger partial charge in [-0.1, -0.05) is 42.5 Å². The zero-order valence-electron chi connectivity index (χ0n) is 16.7. The van der Waals surface area contributed by atoms with Crippen LogP contribution >= 0.6 is 0 Å². The minimum atomic E-state index is 0.401. The van der Waals surface area contributed by atoms with Crippen molar-refractivity contribution in [2.45, 2.75) is 19.9 Å². The zero-order chi connectivity index (χ0) is 19.8. The van der Waals surface area contributed by atoms with Crippen LogP contribution in [0, 0.1) is 6.92 Å². The first-order chi connectivity index (χ1) is 14.2. The Morgan fingerprint density at radius 3 is 2.55 bits per heavy atom. The molecule has 6 nitrogen and oxygen atoms in total. The van der Waals surface area contributed by atoms with Crippen LogP contribution in [-0.2, 0) is 0 Å². The first-order valence-electron chi connectivity index (χ1n) is 10.1. The van der Waals surface area contributed by atoms with Gasteiger partial charge in [-0.2, -0.15) is 4.52 Å². The Labute approximate surface area is 170 Å². The van der Waals surface area contributed by atoms with Crippen molar-refractivity contribution in [3.63, 3.8) is 0 Å². The second-order valence-electron chi connectivity index (χ2n) is 7.68. The van der Waals surface area contributed by atoms with Gasteiger partial charge in [-0.05, 0) is 43.7 Å². The van der Waals surface area contributed by atoms with Crippen LogP contribution in [0.1, 0.15) is 12.5 Å². The Balaban J connectivity index is 1.42. The average Bonchev–Trinajstić information content (AvgIpc) is 3.17. The molecule has 0 saturated carbocycles. The summed E-state index contributed by atoms with van der Waals surface area (Å²) in [6.07, 6.45) is 0. The van der Waals surface area contributed by atoms with Gasteiger partial charge in [0.05, 0.1) is 0 Å². The number of aryl methyl sites for hydroxylation is 1. The van der Waals surface area contributed by atoms with Crippen molar-refractivity contribution >= 4 is 17.2 Å². The molecule has 0 amide bonds. The molecule has 0 aliphatic carbocycles. The van der Waals surface area contributed by atoms with Crippen LogP contribution in [0.2, 0.25) is 0 Å². The smallest absolute Gasteiger partial charge is 0.185 e. The first kappa shape index (κ1) is 17.7. The van der Waals surface area contributed by atoms with E-state index in [-0.39, 0.29) is 0 Å². The molecule has 6 heteroatoms. The van der Waals surface area contributed by atoms with Gasteiger partial charge in [0, 0.05) is 36.9 Å².